The summed E-state index contributed by atoms with van der Waals surface area (Å²) >= 11 is 0. The highest BCUT2D eigenvalue weighted by Gasteiger charge is 2.16. The van der Waals surface area contributed by atoms with Crippen LogP contribution >= 0.6 is 0 Å². The number of carbonyl (C=O) groups is 2. The van der Waals surface area contributed by atoms with Crippen LogP contribution in [-0.4, -0.2) is 23.0 Å². The lowest BCUT2D eigenvalue weighted by Crippen LogP contribution is -2.21. The molecule has 0 aliphatic heterocycles. The van der Waals surface area contributed by atoms with Crippen molar-refractivity contribution < 1.29 is 23.3 Å². The first kappa shape index (κ1) is 23.1. The summed E-state index contributed by atoms with van der Waals surface area (Å²) in [6.45, 7) is 0. The summed E-state index contributed by atoms with van der Waals surface area (Å²) in [4.78, 5) is 35.3. The van der Waals surface area contributed by atoms with Gasteiger partial charge in [-0.15, -0.1) is 0 Å². The average molecular weight is 472 g/mol. The van der Waals surface area contributed by atoms with Crippen LogP contribution in [0.4, 0.5) is 15.8 Å². The standard InChI is InChI=1S/C25H17FN4O5/c26-21-7-3-1-5-19(21)24(31)28-22-8-4-2-6-20(22)25(32)29-27-15-18-13-14-23(35-18)16-9-11-17(12-10-16)30(33)34/h1-15H,(H,28,31)(H,29,32)/b27-15-. The normalized spacial score (nSPS) is 10.8. The third kappa shape index (κ3) is 5.45. The van der Waals surface area contributed by atoms with Crippen molar-refractivity contribution in [2.24, 2.45) is 5.10 Å². The maximum Gasteiger partial charge on any atom is 0.273 e. The summed E-state index contributed by atoms with van der Waals surface area (Å²) in [6, 6.07) is 20.9. The maximum atomic E-state index is 13.9. The SMILES string of the molecule is O=C(Nc1ccccc1C(=O)N/N=C\c1ccc(-c2ccc([N+](=O)[O-])cc2)o1)c1ccccc1F. The molecule has 0 saturated heterocycles. The molecule has 0 saturated carbocycles. The van der Waals surface area contributed by atoms with Crippen LogP contribution < -0.4 is 10.7 Å². The minimum absolute atomic E-state index is 0.0322. The fourth-order valence-corrected chi connectivity index (χ4v) is 3.16. The van der Waals surface area contributed by atoms with Gasteiger partial charge in [-0.3, -0.25) is 19.7 Å². The lowest BCUT2D eigenvalue weighted by atomic mass is 10.1. The number of nitro benzene ring substituents is 1. The molecule has 9 nitrogen and oxygen atoms in total. The zero-order valence-electron chi connectivity index (χ0n) is 18.0. The van der Waals surface area contributed by atoms with Crippen molar-refractivity contribution in [2.45, 2.75) is 0 Å². The lowest BCUT2D eigenvalue weighted by Gasteiger charge is -2.10. The molecule has 0 atom stereocenters. The summed E-state index contributed by atoms with van der Waals surface area (Å²) in [6.07, 6.45) is 1.29. The van der Waals surface area contributed by atoms with E-state index in [0.717, 1.165) is 0 Å². The smallest absolute Gasteiger partial charge is 0.273 e. The van der Waals surface area contributed by atoms with Gasteiger partial charge in [-0.05, 0) is 48.5 Å². The number of nitro groups is 1. The minimum atomic E-state index is -0.693. The Bertz CT molecular complexity index is 1430. The Morgan fingerprint density at radius 2 is 1.57 bits per heavy atom. The van der Waals surface area contributed by atoms with Crippen LogP contribution in [0.5, 0.6) is 0 Å². The Morgan fingerprint density at radius 3 is 2.29 bits per heavy atom. The Balaban J connectivity index is 1.42. The van der Waals surface area contributed by atoms with Gasteiger partial charge in [0, 0.05) is 17.7 Å². The van der Waals surface area contributed by atoms with Crippen molar-refractivity contribution in [3.8, 4) is 11.3 Å². The van der Waals surface area contributed by atoms with E-state index in [1.807, 2.05) is 0 Å². The zero-order valence-corrected chi connectivity index (χ0v) is 18.0. The average Bonchev–Trinajstić information content (AvgIpc) is 3.33. The Kier molecular flexibility index (Phi) is 6.73. The van der Waals surface area contributed by atoms with Gasteiger partial charge in [0.1, 0.15) is 17.3 Å². The van der Waals surface area contributed by atoms with E-state index in [0.29, 0.717) is 17.1 Å². The molecule has 4 rings (SSSR count). The molecule has 2 amide bonds. The number of nitrogens with zero attached hydrogens (tertiary/aromatic N) is 2. The first-order valence-electron chi connectivity index (χ1n) is 10.3. The van der Waals surface area contributed by atoms with E-state index in [-0.39, 0.29) is 22.5 Å². The van der Waals surface area contributed by atoms with Gasteiger partial charge in [-0.1, -0.05) is 24.3 Å². The summed E-state index contributed by atoms with van der Waals surface area (Å²) in [5.41, 5.74) is 3.12. The highest BCUT2D eigenvalue weighted by molar-refractivity contribution is 6.09. The van der Waals surface area contributed by atoms with Crippen LogP contribution in [0, 0.1) is 15.9 Å². The molecular weight excluding hydrogens is 455 g/mol. The second-order valence-electron chi connectivity index (χ2n) is 7.18. The van der Waals surface area contributed by atoms with E-state index >= 15 is 0 Å². The van der Waals surface area contributed by atoms with E-state index in [9.17, 15) is 24.1 Å². The number of hydrazone groups is 1. The molecule has 0 aliphatic carbocycles. The van der Waals surface area contributed by atoms with Crippen molar-refractivity contribution in [2.75, 3.05) is 5.32 Å². The summed E-state index contributed by atoms with van der Waals surface area (Å²) in [7, 11) is 0. The van der Waals surface area contributed by atoms with E-state index < -0.39 is 22.6 Å². The van der Waals surface area contributed by atoms with Crippen LogP contribution in [0.1, 0.15) is 26.5 Å². The topological polar surface area (TPSA) is 127 Å². The Labute approximate surface area is 198 Å². The fraction of sp³-hybridized carbons (Fsp3) is 0. The predicted octanol–water partition coefficient (Wildman–Crippen LogP) is 5.01. The first-order chi connectivity index (χ1) is 16.9. The van der Waals surface area contributed by atoms with Gasteiger partial charge < -0.3 is 9.73 Å². The van der Waals surface area contributed by atoms with Crippen LogP contribution in [0.3, 0.4) is 0 Å². The molecular formula is C25H17FN4O5. The summed E-state index contributed by atoms with van der Waals surface area (Å²) in [5.74, 6) is -1.18. The third-order valence-electron chi connectivity index (χ3n) is 4.89. The van der Waals surface area contributed by atoms with Crippen LogP contribution in [-0.2, 0) is 0 Å². The number of carbonyl (C=O) groups excluding carboxylic acids is 2. The van der Waals surface area contributed by atoms with Crippen LogP contribution in [0.15, 0.2) is 94.4 Å². The lowest BCUT2D eigenvalue weighted by molar-refractivity contribution is -0.384. The number of non-ortho nitro benzene ring substituents is 1. The maximum absolute atomic E-state index is 13.9. The number of benzene rings is 3. The quantitative estimate of drug-likeness (QED) is 0.222. The number of para-hydroxylation sites is 1. The molecule has 2 N–H and O–H groups in total. The molecule has 0 aliphatic rings. The molecule has 0 radical (unpaired) electrons. The number of furan rings is 1. The molecule has 1 heterocycles. The molecule has 1 aromatic heterocycles. The van der Waals surface area contributed by atoms with Crippen molar-refractivity contribution >= 4 is 29.4 Å². The number of hydrogen-bond donors (Lipinski definition) is 2. The van der Waals surface area contributed by atoms with Crippen LogP contribution in [0.2, 0.25) is 0 Å². The third-order valence-corrected chi connectivity index (χ3v) is 4.89. The molecule has 4 aromatic rings. The van der Waals surface area contributed by atoms with Gasteiger partial charge in [0.25, 0.3) is 17.5 Å². The van der Waals surface area contributed by atoms with E-state index in [4.69, 9.17) is 4.42 Å². The Hall–Kier alpha value is -5.12. The van der Waals surface area contributed by atoms with Crippen molar-refractivity contribution in [3.63, 3.8) is 0 Å². The van der Waals surface area contributed by atoms with Gasteiger partial charge in [-0.2, -0.15) is 5.10 Å². The van der Waals surface area contributed by atoms with E-state index in [2.05, 4.69) is 15.8 Å². The number of hydrogen-bond acceptors (Lipinski definition) is 6. The van der Waals surface area contributed by atoms with Gasteiger partial charge in [0.15, 0.2) is 0 Å². The number of anilines is 1. The van der Waals surface area contributed by atoms with Gasteiger partial charge >= 0.3 is 0 Å². The monoisotopic (exact) mass is 472 g/mol. The number of halogens is 1. The molecule has 3 aromatic carbocycles. The summed E-state index contributed by atoms with van der Waals surface area (Å²) < 4.78 is 19.5. The van der Waals surface area contributed by atoms with Gasteiger partial charge in [0.05, 0.1) is 28.0 Å². The van der Waals surface area contributed by atoms with Crippen molar-refractivity contribution in [1.29, 1.82) is 0 Å². The molecule has 0 bridgehead atoms. The summed E-state index contributed by atoms with van der Waals surface area (Å²) in [5, 5.41) is 17.2. The molecule has 10 heteroatoms. The zero-order chi connectivity index (χ0) is 24.8. The molecule has 0 fully saturated rings. The van der Waals surface area contributed by atoms with Gasteiger partial charge in [-0.25, -0.2) is 9.82 Å². The minimum Gasteiger partial charge on any atom is -0.455 e. The fourth-order valence-electron chi connectivity index (χ4n) is 3.16. The van der Waals surface area contributed by atoms with Crippen LogP contribution in [0.25, 0.3) is 11.3 Å². The highest BCUT2D eigenvalue weighted by Crippen LogP contribution is 2.24. The Morgan fingerprint density at radius 1 is 0.886 bits per heavy atom. The second-order valence-corrected chi connectivity index (χ2v) is 7.18. The number of nitrogens with one attached hydrogen (secondary N) is 2. The number of rotatable bonds is 7. The van der Waals surface area contributed by atoms with Crippen molar-refractivity contribution in [3.05, 3.63) is 118 Å². The van der Waals surface area contributed by atoms with E-state index in [1.54, 1.807) is 36.4 Å². The van der Waals surface area contributed by atoms with Gasteiger partial charge in [0.2, 0.25) is 0 Å². The number of amides is 2. The van der Waals surface area contributed by atoms with E-state index in [1.165, 1.54) is 54.7 Å². The molecule has 174 valence electrons. The predicted molar refractivity (Wildman–Crippen MR) is 127 cm³/mol. The highest BCUT2D eigenvalue weighted by atomic mass is 19.1. The van der Waals surface area contributed by atoms with Crippen molar-refractivity contribution in [1.82, 2.24) is 5.43 Å². The largest absolute Gasteiger partial charge is 0.455 e. The second kappa shape index (κ2) is 10.2. The molecule has 0 unspecified atom stereocenters. The first-order valence-corrected chi connectivity index (χ1v) is 10.3. The molecule has 35 heavy (non-hydrogen) atoms. The molecule has 0 spiro atoms.